The lowest BCUT2D eigenvalue weighted by Gasteiger charge is -2.16. The molecule has 2 aromatic heterocycles. The number of aromatic nitrogens is 3. The zero-order chi connectivity index (χ0) is 22.1. The number of fused-ring (bicyclic) bond motifs is 2. The standard InChI is InChI=1S/C21H19ClN4O3S2/c1-11(2)26-19(28)14-6-4-12(22)8-16(14)24-21(26)30-10-18(27)25-20-23-15-7-5-13(29-3)9-17(15)31-20/h4-9,11H,10H2,1-3H3,(H,23,25,27). The van der Waals surface area contributed by atoms with E-state index in [0.717, 1.165) is 16.0 Å². The fourth-order valence-electron chi connectivity index (χ4n) is 3.08. The van der Waals surface area contributed by atoms with Crippen LogP contribution in [-0.4, -0.2) is 33.3 Å². The molecule has 0 atom stereocenters. The van der Waals surface area contributed by atoms with Crippen molar-refractivity contribution in [3.8, 4) is 5.75 Å². The molecule has 0 radical (unpaired) electrons. The van der Waals surface area contributed by atoms with Gasteiger partial charge in [-0.2, -0.15) is 0 Å². The van der Waals surface area contributed by atoms with Gasteiger partial charge < -0.3 is 10.1 Å². The quantitative estimate of drug-likeness (QED) is 0.313. The molecule has 10 heteroatoms. The Kier molecular flexibility index (Phi) is 6.17. The molecule has 0 saturated heterocycles. The van der Waals surface area contributed by atoms with Crippen molar-refractivity contribution in [1.29, 1.82) is 0 Å². The molecule has 160 valence electrons. The number of thioether (sulfide) groups is 1. The van der Waals surface area contributed by atoms with Crippen LogP contribution in [0, 0.1) is 0 Å². The Labute approximate surface area is 191 Å². The van der Waals surface area contributed by atoms with Gasteiger partial charge >= 0.3 is 0 Å². The molecule has 7 nitrogen and oxygen atoms in total. The number of carbonyl (C=O) groups excluding carboxylic acids is 1. The molecular formula is C21H19ClN4O3S2. The maximum Gasteiger partial charge on any atom is 0.262 e. The maximum absolute atomic E-state index is 12.9. The number of thiazole rings is 1. The molecule has 2 aromatic carbocycles. The monoisotopic (exact) mass is 474 g/mol. The molecule has 1 amide bonds. The number of amides is 1. The number of hydrogen-bond donors (Lipinski definition) is 1. The Morgan fingerprint density at radius 1 is 1.23 bits per heavy atom. The number of anilines is 1. The average molecular weight is 475 g/mol. The van der Waals surface area contributed by atoms with Gasteiger partial charge in [0.05, 0.1) is 34.0 Å². The lowest BCUT2D eigenvalue weighted by Crippen LogP contribution is -2.25. The molecule has 0 fully saturated rings. The van der Waals surface area contributed by atoms with E-state index in [-0.39, 0.29) is 23.3 Å². The summed E-state index contributed by atoms with van der Waals surface area (Å²) in [6.45, 7) is 3.81. The van der Waals surface area contributed by atoms with Gasteiger partial charge in [-0.1, -0.05) is 34.7 Å². The smallest absolute Gasteiger partial charge is 0.262 e. The number of nitrogens with one attached hydrogen (secondary N) is 1. The van der Waals surface area contributed by atoms with Gasteiger partial charge in [-0.25, -0.2) is 9.97 Å². The molecule has 0 aliphatic heterocycles. The zero-order valence-corrected chi connectivity index (χ0v) is 19.4. The fraction of sp³-hybridized carbons (Fsp3) is 0.238. The number of carbonyl (C=O) groups is 1. The Morgan fingerprint density at radius 3 is 2.77 bits per heavy atom. The van der Waals surface area contributed by atoms with Crippen molar-refractivity contribution in [3.63, 3.8) is 0 Å². The molecule has 0 aliphatic carbocycles. The lowest BCUT2D eigenvalue weighted by atomic mass is 10.2. The first-order valence-electron chi connectivity index (χ1n) is 9.44. The van der Waals surface area contributed by atoms with Crippen LogP contribution in [0.2, 0.25) is 5.02 Å². The molecular weight excluding hydrogens is 456 g/mol. The van der Waals surface area contributed by atoms with E-state index in [4.69, 9.17) is 16.3 Å². The number of methoxy groups -OCH3 is 1. The summed E-state index contributed by atoms with van der Waals surface area (Å²) in [7, 11) is 1.60. The van der Waals surface area contributed by atoms with Gasteiger partial charge in [0.25, 0.3) is 5.56 Å². The lowest BCUT2D eigenvalue weighted by molar-refractivity contribution is -0.113. The highest BCUT2D eigenvalue weighted by Gasteiger charge is 2.16. The Bertz CT molecular complexity index is 1350. The molecule has 4 rings (SSSR count). The van der Waals surface area contributed by atoms with E-state index in [1.165, 1.54) is 23.1 Å². The van der Waals surface area contributed by atoms with E-state index in [9.17, 15) is 9.59 Å². The highest BCUT2D eigenvalue weighted by atomic mass is 35.5. The molecule has 4 aromatic rings. The first kappa shape index (κ1) is 21.6. The number of halogens is 1. The van der Waals surface area contributed by atoms with Gasteiger partial charge in [-0.15, -0.1) is 0 Å². The summed E-state index contributed by atoms with van der Waals surface area (Å²) in [5, 5.41) is 4.80. The second-order valence-corrected chi connectivity index (χ2v) is 9.42. The summed E-state index contributed by atoms with van der Waals surface area (Å²) in [4.78, 5) is 34.5. The molecule has 0 saturated carbocycles. The highest BCUT2D eigenvalue weighted by Crippen LogP contribution is 2.29. The first-order chi connectivity index (χ1) is 14.9. The van der Waals surface area contributed by atoms with Crippen molar-refractivity contribution in [2.24, 2.45) is 0 Å². The summed E-state index contributed by atoms with van der Waals surface area (Å²) in [5.74, 6) is 0.593. The van der Waals surface area contributed by atoms with Gasteiger partial charge in [-0.05, 0) is 50.2 Å². The third kappa shape index (κ3) is 4.53. The van der Waals surface area contributed by atoms with E-state index in [1.54, 1.807) is 29.9 Å². The van der Waals surface area contributed by atoms with Gasteiger partial charge in [0, 0.05) is 11.1 Å². The van der Waals surface area contributed by atoms with Gasteiger partial charge in [0.2, 0.25) is 5.91 Å². The van der Waals surface area contributed by atoms with E-state index >= 15 is 0 Å². The van der Waals surface area contributed by atoms with Crippen molar-refractivity contribution in [2.75, 3.05) is 18.2 Å². The normalized spacial score (nSPS) is 11.4. The molecule has 1 N–H and O–H groups in total. The third-order valence-electron chi connectivity index (χ3n) is 4.52. The predicted molar refractivity (Wildman–Crippen MR) is 127 cm³/mol. The van der Waals surface area contributed by atoms with Crippen molar-refractivity contribution in [1.82, 2.24) is 14.5 Å². The number of rotatable bonds is 6. The molecule has 0 bridgehead atoms. The summed E-state index contributed by atoms with van der Waals surface area (Å²) >= 11 is 8.64. The minimum absolute atomic E-state index is 0.0878. The minimum atomic E-state index is -0.230. The summed E-state index contributed by atoms with van der Waals surface area (Å²) in [6, 6.07) is 10.4. The second-order valence-electron chi connectivity index (χ2n) is 7.01. The van der Waals surface area contributed by atoms with Crippen LogP contribution in [0.5, 0.6) is 5.75 Å². The van der Waals surface area contributed by atoms with Crippen molar-refractivity contribution in [3.05, 3.63) is 51.8 Å². The average Bonchev–Trinajstić information content (AvgIpc) is 3.12. The largest absolute Gasteiger partial charge is 0.497 e. The van der Waals surface area contributed by atoms with E-state index < -0.39 is 0 Å². The SMILES string of the molecule is COc1ccc2nc(NC(=O)CSc3nc4cc(Cl)ccc4c(=O)n3C(C)C)sc2c1. The third-order valence-corrected chi connectivity index (χ3v) is 6.64. The van der Waals surface area contributed by atoms with Crippen LogP contribution in [0.1, 0.15) is 19.9 Å². The molecule has 2 heterocycles. The van der Waals surface area contributed by atoms with Crippen LogP contribution in [0.4, 0.5) is 5.13 Å². The van der Waals surface area contributed by atoms with Crippen LogP contribution < -0.4 is 15.6 Å². The number of benzene rings is 2. The predicted octanol–water partition coefficient (Wildman–Crippen LogP) is 4.98. The van der Waals surface area contributed by atoms with E-state index in [0.29, 0.717) is 26.2 Å². The van der Waals surface area contributed by atoms with Crippen LogP contribution >= 0.6 is 34.7 Å². The number of ether oxygens (including phenoxy) is 1. The van der Waals surface area contributed by atoms with Crippen molar-refractivity contribution >= 4 is 66.9 Å². The minimum Gasteiger partial charge on any atom is -0.497 e. The van der Waals surface area contributed by atoms with Gasteiger partial charge in [0.15, 0.2) is 10.3 Å². The van der Waals surface area contributed by atoms with Crippen LogP contribution in [0.15, 0.2) is 46.3 Å². The first-order valence-corrected chi connectivity index (χ1v) is 11.6. The van der Waals surface area contributed by atoms with Crippen LogP contribution in [0.3, 0.4) is 0 Å². The Morgan fingerprint density at radius 2 is 2.03 bits per heavy atom. The van der Waals surface area contributed by atoms with Gasteiger partial charge in [-0.3, -0.25) is 14.2 Å². The zero-order valence-electron chi connectivity index (χ0n) is 17.0. The molecule has 0 aliphatic rings. The summed E-state index contributed by atoms with van der Waals surface area (Å²) in [5.41, 5.74) is 1.15. The van der Waals surface area contributed by atoms with Crippen LogP contribution in [-0.2, 0) is 4.79 Å². The molecule has 0 spiro atoms. The van der Waals surface area contributed by atoms with Gasteiger partial charge in [0.1, 0.15) is 5.75 Å². The maximum atomic E-state index is 12.9. The Hall–Kier alpha value is -2.62. The summed E-state index contributed by atoms with van der Waals surface area (Å²) < 4.78 is 7.74. The van der Waals surface area contributed by atoms with E-state index in [1.807, 2.05) is 32.0 Å². The number of nitrogens with zero attached hydrogens (tertiary/aromatic N) is 3. The van der Waals surface area contributed by atoms with Crippen molar-refractivity contribution < 1.29 is 9.53 Å². The second kappa shape index (κ2) is 8.86. The highest BCUT2D eigenvalue weighted by molar-refractivity contribution is 7.99. The van der Waals surface area contributed by atoms with Crippen molar-refractivity contribution in [2.45, 2.75) is 25.0 Å². The summed E-state index contributed by atoms with van der Waals surface area (Å²) in [6.07, 6.45) is 0. The topological polar surface area (TPSA) is 86.1 Å². The number of hydrogen-bond acceptors (Lipinski definition) is 7. The van der Waals surface area contributed by atoms with Crippen LogP contribution in [0.25, 0.3) is 21.1 Å². The van der Waals surface area contributed by atoms with E-state index in [2.05, 4.69) is 15.3 Å². The molecule has 0 unspecified atom stereocenters. The Balaban J connectivity index is 1.55. The fourth-order valence-corrected chi connectivity index (χ4v) is 5.08. The molecule has 31 heavy (non-hydrogen) atoms.